The molecule has 132 valence electrons. The number of carbonyl (C=O) groups is 1. The Morgan fingerprint density at radius 3 is 2.52 bits per heavy atom. The number of methoxy groups -OCH3 is 1. The minimum absolute atomic E-state index is 0.00997. The zero-order valence-electron chi connectivity index (χ0n) is 14.8. The number of nitrogens with zero attached hydrogens (tertiary/aromatic N) is 2. The molecule has 0 aliphatic carbocycles. The van der Waals surface area contributed by atoms with Gasteiger partial charge in [-0.1, -0.05) is 17.7 Å². The number of ether oxygens (including phenoxy) is 1. The number of anilines is 1. The summed E-state index contributed by atoms with van der Waals surface area (Å²) >= 11 is 0. The highest BCUT2D eigenvalue weighted by molar-refractivity contribution is 5.91. The standard InChI is InChI=1S/C20H24N2O3/c1-15-5-7-16(8-6-15)22-14-18(24-2)20(22)9-11-21(12-10-20)19(23)17-4-3-13-25-17/h3-8,13,18H,9-12,14H2,1-2H3. The van der Waals surface area contributed by atoms with Gasteiger partial charge < -0.3 is 19.0 Å². The van der Waals surface area contributed by atoms with Gasteiger partial charge in [-0.2, -0.15) is 0 Å². The SMILES string of the molecule is COC1CN(c2ccc(C)cc2)C12CCN(C(=O)c1ccco1)CC2. The average molecular weight is 340 g/mol. The summed E-state index contributed by atoms with van der Waals surface area (Å²) in [5.41, 5.74) is 2.49. The fourth-order valence-corrected chi connectivity index (χ4v) is 4.21. The van der Waals surface area contributed by atoms with Crippen molar-refractivity contribution < 1.29 is 13.9 Å². The maximum atomic E-state index is 12.5. The van der Waals surface area contributed by atoms with Crippen LogP contribution in [0.1, 0.15) is 29.0 Å². The highest BCUT2D eigenvalue weighted by atomic mass is 16.5. The van der Waals surface area contributed by atoms with Crippen molar-refractivity contribution in [3.8, 4) is 0 Å². The van der Waals surface area contributed by atoms with Gasteiger partial charge in [0.05, 0.1) is 17.9 Å². The lowest BCUT2D eigenvalue weighted by atomic mass is 9.73. The van der Waals surface area contributed by atoms with Gasteiger partial charge in [0.1, 0.15) is 0 Å². The predicted molar refractivity (Wildman–Crippen MR) is 95.9 cm³/mol. The lowest BCUT2D eigenvalue weighted by Crippen LogP contribution is -2.74. The Morgan fingerprint density at radius 1 is 1.20 bits per heavy atom. The molecule has 1 spiro atoms. The van der Waals surface area contributed by atoms with Gasteiger partial charge in [-0.15, -0.1) is 0 Å². The van der Waals surface area contributed by atoms with Crippen molar-refractivity contribution in [2.24, 2.45) is 0 Å². The van der Waals surface area contributed by atoms with Crippen LogP contribution in [0.15, 0.2) is 47.1 Å². The zero-order valence-corrected chi connectivity index (χ0v) is 14.8. The molecule has 2 fully saturated rings. The topological polar surface area (TPSA) is 45.9 Å². The number of benzene rings is 1. The van der Waals surface area contributed by atoms with E-state index < -0.39 is 0 Å². The van der Waals surface area contributed by atoms with Crippen molar-refractivity contribution in [1.82, 2.24) is 4.90 Å². The summed E-state index contributed by atoms with van der Waals surface area (Å²) in [7, 11) is 1.79. The highest BCUT2D eigenvalue weighted by Gasteiger charge is 2.55. The van der Waals surface area contributed by atoms with E-state index >= 15 is 0 Å². The maximum absolute atomic E-state index is 12.5. The molecule has 1 unspecified atom stereocenters. The van der Waals surface area contributed by atoms with Gasteiger partial charge >= 0.3 is 0 Å². The number of amides is 1. The summed E-state index contributed by atoms with van der Waals surface area (Å²) in [4.78, 5) is 16.9. The van der Waals surface area contributed by atoms with E-state index in [4.69, 9.17) is 9.15 Å². The van der Waals surface area contributed by atoms with Crippen molar-refractivity contribution in [2.75, 3.05) is 31.6 Å². The van der Waals surface area contributed by atoms with Gasteiger partial charge in [-0.3, -0.25) is 4.79 Å². The van der Waals surface area contributed by atoms with Crippen LogP contribution in [0.3, 0.4) is 0 Å². The molecule has 1 aromatic carbocycles. The van der Waals surface area contributed by atoms with Gasteiger partial charge in [-0.25, -0.2) is 0 Å². The predicted octanol–water partition coefficient (Wildman–Crippen LogP) is 3.10. The molecule has 0 bridgehead atoms. The van der Waals surface area contributed by atoms with E-state index in [1.807, 2.05) is 4.90 Å². The smallest absolute Gasteiger partial charge is 0.289 e. The number of rotatable bonds is 3. The van der Waals surface area contributed by atoms with Gasteiger partial charge in [0.15, 0.2) is 5.76 Å². The van der Waals surface area contributed by atoms with E-state index in [1.165, 1.54) is 11.3 Å². The fourth-order valence-electron chi connectivity index (χ4n) is 4.21. The normalized spacial score (nSPS) is 22.1. The first-order valence-corrected chi connectivity index (χ1v) is 8.84. The first-order valence-electron chi connectivity index (χ1n) is 8.84. The number of carbonyl (C=O) groups excluding carboxylic acids is 1. The number of hydrogen-bond acceptors (Lipinski definition) is 4. The molecule has 1 aromatic heterocycles. The van der Waals surface area contributed by atoms with Gasteiger partial charge in [0.2, 0.25) is 0 Å². The summed E-state index contributed by atoms with van der Waals surface area (Å²) in [6, 6.07) is 12.2. The molecule has 0 radical (unpaired) electrons. The summed E-state index contributed by atoms with van der Waals surface area (Å²) in [6.45, 7) is 4.46. The average Bonchev–Trinajstić information content (AvgIpc) is 3.17. The van der Waals surface area contributed by atoms with Gasteiger partial charge in [0.25, 0.3) is 5.91 Å². The number of likely N-dealkylation sites (tertiary alicyclic amines) is 1. The molecule has 5 heteroatoms. The van der Waals surface area contributed by atoms with Crippen molar-refractivity contribution >= 4 is 11.6 Å². The molecule has 2 aromatic rings. The van der Waals surface area contributed by atoms with Crippen LogP contribution >= 0.6 is 0 Å². The first-order chi connectivity index (χ1) is 12.1. The molecule has 2 saturated heterocycles. The number of aryl methyl sites for hydroxylation is 1. The monoisotopic (exact) mass is 340 g/mol. The molecule has 0 N–H and O–H groups in total. The molecule has 0 saturated carbocycles. The number of furan rings is 1. The van der Waals surface area contributed by atoms with Crippen LogP contribution in [-0.4, -0.2) is 49.2 Å². The fraction of sp³-hybridized carbons (Fsp3) is 0.450. The summed E-state index contributed by atoms with van der Waals surface area (Å²) in [5, 5.41) is 0. The van der Waals surface area contributed by atoms with Crippen molar-refractivity contribution in [3.63, 3.8) is 0 Å². The second-order valence-corrected chi connectivity index (χ2v) is 7.04. The molecule has 2 aliphatic heterocycles. The van der Waals surface area contributed by atoms with Crippen LogP contribution in [0.5, 0.6) is 0 Å². The maximum Gasteiger partial charge on any atom is 0.289 e. The van der Waals surface area contributed by atoms with E-state index in [0.29, 0.717) is 5.76 Å². The second kappa shape index (κ2) is 6.23. The Hall–Kier alpha value is -2.27. The van der Waals surface area contributed by atoms with Crippen LogP contribution in [-0.2, 0) is 4.74 Å². The third-order valence-corrected chi connectivity index (χ3v) is 5.76. The lowest BCUT2D eigenvalue weighted by Gasteiger charge is -2.61. The third-order valence-electron chi connectivity index (χ3n) is 5.76. The Bertz CT molecular complexity index is 731. The minimum atomic E-state index is -0.0185. The van der Waals surface area contributed by atoms with Crippen LogP contribution in [0.2, 0.25) is 0 Å². The second-order valence-electron chi connectivity index (χ2n) is 7.04. The summed E-state index contributed by atoms with van der Waals surface area (Å²) in [6.07, 6.45) is 3.58. The molecule has 2 aliphatic rings. The minimum Gasteiger partial charge on any atom is -0.459 e. The third kappa shape index (κ3) is 2.63. The molecule has 1 amide bonds. The zero-order chi connectivity index (χ0) is 17.4. The van der Waals surface area contributed by atoms with Crippen LogP contribution in [0.4, 0.5) is 5.69 Å². The number of piperidine rings is 1. The van der Waals surface area contributed by atoms with Crippen molar-refractivity contribution in [1.29, 1.82) is 0 Å². The molecule has 5 nitrogen and oxygen atoms in total. The van der Waals surface area contributed by atoms with E-state index in [1.54, 1.807) is 25.5 Å². The van der Waals surface area contributed by atoms with Gasteiger partial charge in [-0.05, 0) is 44.0 Å². The van der Waals surface area contributed by atoms with E-state index in [9.17, 15) is 4.79 Å². The van der Waals surface area contributed by atoms with Crippen LogP contribution in [0, 0.1) is 6.92 Å². The molecular weight excluding hydrogens is 316 g/mol. The first kappa shape index (κ1) is 16.2. The lowest BCUT2D eigenvalue weighted by molar-refractivity contribution is -0.0435. The molecule has 3 heterocycles. The Labute approximate surface area is 148 Å². The molecular formula is C20H24N2O3. The van der Waals surface area contributed by atoms with Crippen LogP contribution < -0.4 is 4.90 Å². The summed E-state index contributed by atoms with van der Waals surface area (Å²) in [5.74, 6) is 0.401. The highest BCUT2D eigenvalue weighted by Crippen LogP contribution is 2.44. The number of hydrogen-bond donors (Lipinski definition) is 0. The Morgan fingerprint density at radius 2 is 1.92 bits per heavy atom. The van der Waals surface area contributed by atoms with Crippen LogP contribution in [0.25, 0.3) is 0 Å². The van der Waals surface area contributed by atoms with E-state index in [0.717, 1.165) is 32.5 Å². The molecule has 4 rings (SSSR count). The largest absolute Gasteiger partial charge is 0.459 e. The van der Waals surface area contributed by atoms with Crippen molar-refractivity contribution in [2.45, 2.75) is 31.4 Å². The molecule has 25 heavy (non-hydrogen) atoms. The van der Waals surface area contributed by atoms with Gasteiger partial charge in [0, 0.05) is 32.4 Å². The van der Waals surface area contributed by atoms with Crippen molar-refractivity contribution in [3.05, 3.63) is 54.0 Å². The molecule has 1 atom stereocenters. The van der Waals surface area contributed by atoms with E-state index in [2.05, 4.69) is 36.1 Å². The quantitative estimate of drug-likeness (QED) is 0.861. The Balaban J connectivity index is 1.50. The summed E-state index contributed by atoms with van der Waals surface area (Å²) < 4.78 is 11.0. The van der Waals surface area contributed by atoms with E-state index in [-0.39, 0.29) is 17.6 Å². The Kier molecular flexibility index (Phi) is 4.04.